The second-order valence-electron chi connectivity index (χ2n) is 5.39. The molecule has 3 nitrogen and oxygen atoms in total. The van der Waals surface area contributed by atoms with Gasteiger partial charge in [-0.2, -0.15) is 0 Å². The third-order valence-corrected chi connectivity index (χ3v) is 5.46. The van der Waals surface area contributed by atoms with Gasteiger partial charge in [0.05, 0.1) is 11.6 Å². The fourth-order valence-corrected chi connectivity index (χ4v) is 4.12. The predicted molar refractivity (Wildman–Crippen MR) is 91.6 cm³/mol. The number of thiophene rings is 1. The van der Waals surface area contributed by atoms with E-state index in [1.807, 2.05) is 6.92 Å². The van der Waals surface area contributed by atoms with Crippen LogP contribution in [0.15, 0.2) is 29.6 Å². The molecule has 0 aliphatic carbocycles. The summed E-state index contributed by atoms with van der Waals surface area (Å²) >= 11 is 1.80. The van der Waals surface area contributed by atoms with Crippen molar-refractivity contribution in [1.82, 2.24) is 5.43 Å². The van der Waals surface area contributed by atoms with Crippen molar-refractivity contribution in [2.45, 2.75) is 51.7 Å². The van der Waals surface area contributed by atoms with Gasteiger partial charge in [0.15, 0.2) is 0 Å². The molecule has 0 fully saturated rings. The summed E-state index contributed by atoms with van der Waals surface area (Å²) in [5, 5.41) is 3.58. The SMILES string of the molecule is CCOC(CC)(CC)C(Cc1csc2ccccc12)NN. The summed E-state index contributed by atoms with van der Waals surface area (Å²) in [5.41, 5.74) is 4.16. The Morgan fingerprint density at radius 2 is 1.95 bits per heavy atom. The minimum absolute atomic E-state index is 0.116. The number of hydrogen-bond acceptors (Lipinski definition) is 4. The molecule has 0 bridgehead atoms. The molecule has 1 unspecified atom stereocenters. The maximum Gasteiger partial charge on any atom is 0.0846 e. The monoisotopic (exact) mass is 306 g/mol. The van der Waals surface area contributed by atoms with Crippen LogP contribution in [0.4, 0.5) is 0 Å². The lowest BCUT2D eigenvalue weighted by molar-refractivity contribution is -0.0718. The lowest BCUT2D eigenvalue weighted by atomic mass is 9.84. The summed E-state index contributed by atoms with van der Waals surface area (Å²) in [6, 6.07) is 8.66. The molecule has 1 atom stereocenters. The molecule has 3 N–H and O–H groups in total. The normalized spacial score (nSPS) is 13.7. The zero-order chi connectivity index (χ0) is 15.3. The summed E-state index contributed by atoms with van der Waals surface area (Å²) in [6.45, 7) is 7.11. The number of ether oxygens (including phenoxy) is 1. The number of benzene rings is 1. The molecule has 0 saturated heterocycles. The molecule has 4 heteroatoms. The van der Waals surface area contributed by atoms with Crippen molar-refractivity contribution in [2.75, 3.05) is 6.61 Å². The zero-order valence-corrected chi connectivity index (χ0v) is 14.0. The molecule has 0 spiro atoms. The molecule has 2 aromatic rings. The lowest BCUT2D eigenvalue weighted by Gasteiger charge is -2.39. The van der Waals surface area contributed by atoms with Gasteiger partial charge in [-0.3, -0.25) is 11.3 Å². The first kappa shape index (κ1) is 16.4. The molecular formula is C17H26N2OS. The van der Waals surface area contributed by atoms with Crippen LogP contribution in [0.25, 0.3) is 10.1 Å². The van der Waals surface area contributed by atoms with Crippen LogP contribution in [-0.4, -0.2) is 18.2 Å². The summed E-state index contributed by atoms with van der Waals surface area (Å²) in [4.78, 5) is 0. The Morgan fingerprint density at radius 1 is 1.24 bits per heavy atom. The molecule has 1 heterocycles. The van der Waals surface area contributed by atoms with E-state index in [1.165, 1.54) is 15.6 Å². The van der Waals surface area contributed by atoms with Crippen LogP contribution in [0.1, 0.15) is 39.2 Å². The van der Waals surface area contributed by atoms with Crippen molar-refractivity contribution < 1.29 is 4.74 Å². The second-order valence-corrected chi connectivity index (χ2v) is 6.30. The molecule has 2 rings (SSSR count). The van der Waals surface area contributed by atoms with Crippen LogP contribution in [0.5, 0.6) is 0 Å². The van der Waals surface area contributed by atoms with Crippen LogP contribution >= 0.6 is 11.3 Å². The minimum Gasteiger partial charge on any atom is -0.374 e. The van der Waals surface area contributed by atoms with Crippen molar-refractivity contribution in [3.63, 3.8) is 0 Å². The number of hydrazine groups is 1. The fraction of sp³-hybridized carbons (Fsp3) is 0.529. The van der Waals surface area contributed by atoms with Gasteiger partial charge in [-0.05, 0) is 48.6 Å². The van der Waals surface area contributed by atoms with Gasteiger partial charge in [-0.15, -0.1) is 11.3 Å². The highest BCUT2D eigenvalue weighted by Gasteiger charge is 2.36. The maximum atomic E-state index is 6.10. The van der Waals surface area contributed by atoms with Gasteiger partial charge < -0.3 is 4.74 Å². The van der Waals surface area contributed by atoms with Crippen molar-refractivity contribution in [3.05, 3.63) is 35.2 Å². The molecule has 1 aromatic carbocycles. The first-order valence-electron chi connectivity index (χ1n) is 7.75. The Balaban J connectivity index is 2.29. The molecule has 21 heavy (non-hydrogen) atoms. The first-order valence-corrected chi connectivity index (χ1v) is 8.63. The van der Waals surface area contributed by atoms with Gasteiger partial charge in [-0.1, -0.05) is 32.0 Å². The average Bonchev–Trinajstić information content (AvgIpc) is 2.94. The molecule has 0 saturated carbocycles. The average molecular weight is 306 g/mol. The van der Waals surface area contributed by atoms with Gasteiger partial charge >= 0.3 is 0 Å². The van der Waals surface area contributed by atoms with E-state index in [0.29, 0.717) is 6.61 Å². The van der Waals surface area contributed by atoms with E-state index in [9.17, 15) is 0 Å². The van der Waals surface area contributed by atoms with Gasteiger partial charge in [-0.25, -0.2) is 0 Å². The molecule has 0 aliphatic heterocycles. The van der Waals surface area contributed by atoms with Crippen molar-refractivity contribution >= 4 is 21.4 Å². The Bertz CT molecular complexity index is 563. The number of nitrogens with one attached hydrogen (secondary N) is 1. The second kappa shape index (κ2) is 7.36. The number of hydrogen-bond donors (Lipinski definition) is 2. The number of nitrogens with two attached hydrogens (primary N) is 1. The van der Waals surface area contributed by atoms with Crippen LogP contribution in [0.3, 0.4) is 0 Å². The summed E-state index contributed by atoms with van der Waals surface area (Å²) in [7, 11) is 0. The standard InChI is InChI=1S/C17H26N2OS/c1-4-17(5-2,20-6-3)16(19-18)11-13-12-21-15-10-8-7-9-14(13)15/h7-10,12,16,19H,4-6,11,18H2,1-3H3. The van der Waals surface area contributed by atoms with Crippen LogP contribution in [0, 0.1) is 0 Å². The highest BCUT2D eigenvalue weighted by atomic mass is 32.1. The highest BCUT2D eigenvalue weighted by Crippen LogP contribution is 2.31. The summed E-state index contributed by atoms with van der Waals surface area (Å²) in [5.74, 6) is 5.87. The largest absolute Gasteiger partial charge is 0.374 e. The summed E-state index contributed by atoms with van der Waals surface area (Å²) in [6.07, 6.45) is 2.80. The van der Waals surface area contributed by atoms with E-state index in [-0.39, 0.29) is 11.6 Å². The van der Waals surface area contributed by atoms with E-state index < -0.39 is 0 Å². The quantitative estimate of drug-likeness (QED) is 0.575. The van der Waals surface area contributed by atoms with Gasteiger partial charge in [0.25, 0.3) is 0 Å². The van der Waals surface area contributed by atoms with Gasteiger partial charge in [0, 0.05) is 11.3 Å². The maximum absolute atomic E-state index is 6.10. The smallest absolute Gasteiger partial charge is 0.0846 e. The van der Waals surface area contributed by atoms with Gasteiger partial charge in [0.1, 0.15) is 0 Å². The Morgan fingerprint density at radius 3 is 2.57 bits per heavy atom. The van der Waals surface area contributed by atoms with Gasteiger partial charge in [0.2, 0.25) is 0 Å². The van der Waals surface area contributed by atoms with Crippen LogP contribution in [0.2, 0.25) is 0 Å². The Kier molecular flexibility index (Phi) is 5.76. The molecule has 1 aromatic heterocycles. The van der Waals surface area contributed by atoms with E-state index >= 15 is 0 Å². The van der Waals surface area contributed by atoms with E-state index in [4.69, 9.17) is 10.6 Å². The van der Waals surface area contributed by atoms with E-state index in [2.05, 4.69) is 48.9 Å². The molecular weight excluding hydrogens is 280 g/mol. The fourth-order valence-electron chi connectivity index (χ4n) is 3.14. The van der Waals surface area contributed by atoms with Crippen LogP contribution < -0.4 is 11.3 Å². The summed E-state index contributed by atoms with van der Waals surface area (Å²) < 4.78 is 7.43. The number of rotatable bonds is 8. The van der Waals surface area contributed by atoms with Crippen molar-refractivity contribution in [2.24, 2.45) is 5.84 Å². The Hall–Kier alpha value is -0.940. The number of fused-ring (bicyclic) bond motifs is 1. The van der Waals surface area contributed by atoms with Crippen molar-refractivity contribution in [3.8, 4) is 0 Å². The Labute approximate surface area is 131 Å². The highest BCUT2D eigenvalue weighted by molar-refractivity contribution is 7.17. The van der Waals surface area contributed by atoms with E-state index in [1.54, 1.807) is 11.3 Å². The molecule has 116 valence electrons. The zero-order valence-electron chi connectivity index (χ0n) is 13.2. The molecule has 0 radical (unpaired) electrons. The molecule has 0 aliphatic rings. The van der Waals surface area contributed by atoms with Crippen LogP contribution in [-0.2, 0) is 11.2 Å². The lowest BCUT2D eigenvalue weighted by Crippen LogP contribution is -2.55. The van der Waals surface area contributed by atoms with Crippen molar-refractivity contribution in [1.29, 1.82) is 0 Å². The topological polar surface area (TPSA) is 47.3 Å². The third-order valence-electron chi connectivity index (χ3n) is 4.45. The molecule has 0 amide bonds. The predicted octanol–water partition coefficient (Wildman–Crippen LogP) is 3.87. The third kappa shape index (κ3) is 3.29. The minimum atomic E-state index is -0.202. The van der Waals surface area contributed by atoms with E-state index in [0.717, 1.165) is 19.3 Å². The first-order chi connectivity index (χ1) is 10.2.